The predicted molar refractivity (Wildman–Crippen MR) is 101 cm³/mol. The van der Waals surface area contributed by atoms with Crippen LogP contribution in [0.25, 0.3) is 0 Å². The fourth-order valence-corrected chi connectivity index (χ4v) is 4.25. The van der Waals surface area contributed by atoms with Gasteiger partial charge in [0.25, 0.3) is 0 Å². The molecule has 0 aliphatic heterocycles. The molecule has 4 N–H and O–H groups in total. The molecule has 142 valence electrons. The lowest BCUT2D eigenvalue weighted by molar-refractivity contribution is -0.123. The highest BCUT2D eigenvalue weighted by Crippen LogP contribution is 2.21. The summed E-state index contributed by atoms with van der Waals surface area (Å²) >= 11 is 0. The van der Waals surface area contributed by atoms with Crippen LogP contribution in [0.3, 0.4) is 0 Å². The number of aryl methyl sites for hydroxylation is 3. The van der Waals surface area contributed by atoms with Crippen LogP contribution in [0, 0.1) is 26.7 Å². The van der Waals surface area contributed by atoms with Crippen LogP contribution in [0.2, 0.25) is 0 Å². The molecule has 0 aliphatic rings. The molecule has 6 nitrogen and oxygen atoms in total. The lowest BCUT2D eigenvalue weighted by Gasteiger charge is -2.33. The lowest BCUT2D eigenvalue weighted by atomic mass is 9.88. The molecule has 1 aromatic carbocycles. The Morgan fingerprint density at radius 2 is 1.72 bits per heavy atom. The van der Waals surface area contributed by atoms with Gasteiger partial charge in [-0.1, -0.05) is 31.5 Å². The Balaban J connectivity index is 2.74. The highest BCUT2D eigenvalue weighted by atomic mass is 32.2. The molecule has 0 saturated carbocycles. The molecule has 0 heterocycles. The van der Waals surface area contributed by atoms with Gasteiger partial charge in [0.05, 0.1) is 10.4 Å². The van der Waals surface area contributed by atoms with E-state index in [-0.39, 0.29) is 29.7 Å². The summed E-state index contributed by atoms with van der Waals surface area (Å²) in [7, 11) is -3.65. The van der Waals surface area contributed by atoms with E-state index in [1.54, 1.807) is 13.8 Å². The number of rotatable bonds is 8. The molecule has 7 heteroatoms. The van der Waals surface area contributed by atoms with Crippen LogP contribution < -0.4 is 15.8 Å². The van der Waals surface area contributed by atoms with Crippen molar-refractivity contribution in [3.8, 4) is 0 Å². The molecule has 0 saturated heterocycles. The number of nitrogens with two attached hydrogens (primary N) is 1. The number of carbonyl (C=O) groups excluding carboxylic acids is 1. The van der Waals surface area contributed by atoms with Crippen LogP contribution in [-0.4, -0.2) is 33.0 Å². The second-order valence-corrected chi connectivity index (χ2v) is 8.90. The zero-order valence-electron chi connectivity index (χ0n) is 16.1. The summed E-state index contributed by atoms with van der Waals surface area (Å²) in [5, 5.41) is 2.90. The zero-order valence-corrected chi connectivity index (χ0v) is 16.9. The Hall–Kier alpha value is -1.44. The van der Waals surface area contributed by atoms with Crippen molar-refractivity contribution in [2.24, 2.45) is 11.7 Å². The Morgan fingerprint density at radius 3 is 2.16 bits per heavy atom. The minimum absolute atomic E-state index is 0.0413. The van der Waals surface area contributed by atoms with Gasteiger partial charge in [-0.25, -0.2) is 13.1 Å². The van der Waals surface area contributed by atoms with E-state index in [1.165, 1.54) is 0 Å². The van der Waals surface area contributed by atoms with E-state index in [0.29, 0.717) is 17.7 Å². The summed E-state index contributed by atoms with van der Waals surface area (Å²) in [5.74, 6) is -0.0438. The van der Waals surface area contributed by atoms with Crippen molar-refractivity contribution < 1.29 is 13.2 Å². The molecule has 0 spiro atoms. The fourth-order valence-electron chi connectivity index (χ4n) is 2.77. The molecule has 1 amide bonds. The Bertz CT molecular complexity index is 706. The van der Waals surface area contributed by atoms with Gasteiger partial charge in [0.2, 0.25) is 15.9 Å². The molecule has 0 fully saturated rings. The van der Waals surface area contributed by atoms with Gasteiger partial charge in [-0.05, 0) is 44.7 Å². The predicted octanol–water partition coefficient (Wildman–Crippen LogP) is 1.77. The van der Waals surface area contributed by atoms with Crippen molar-refractivity contribution >= 4 is 15.9 Å². The van der Waals surface area contributed by atoms with Crippen LogP contribution in [-0.2, 0) is 14.8 Å². The normalized spacial score (nSPS) is 14.4. The van der Waals surface area contributed by atoms with Gasteiger partial charge in [0, 0.05) is 19.5 Å². The van der Waals surface area contributed by atoms with Crippen LogP contribution in [0.1, 0.15) is 43.9 Å². The monoisotopic (exact) mass is 369 g/mol. The second kappa shape index (κ2) is 8.29. The summed E-state index contributed by atoms with van der Waals surface area (Å²) in [6.07, 6.45) is 0.0610. The standard InChI is InChI=1S/C18H31N3O3S/c1-12(2)18(6,11-19)21-16(22)7-8-20-25(23,24)17-14(4)9-13(3)10-15(17)5/h9-10,12,20H,7-8,11,19H2,1-6H3,(H,21,22). The first kappa shape index (κ1) is 21.6. The smallest absolute Gasteiger partial charge is 0.241 e. The zero-order chi connectivity index (χ0) is 19.4. The topological polar surface area (TPSA) is 101 Å². The molecule has 1 rings (SSSR count). The highest BCUT2D eigenvalue weighted by molar-refractivity contribution is 7.89. The van der Waals surface area contributed by atoms with Gasteiger partial charge >= 0.3 is 0 Å². The van der Waals surface area contributed by atoms with Crippen LogP contribution in [0.5, 0.6) is 0 Å². The molecule has 0 radical (unpaired) electrons. The van der Waals surface area contributed by atoms with E-state index >= 15 is 0 Å². The highest BCUT2D eigenvalue weighted by Gasteiger charge is 2.28. The van der Waals surface area contributed by atoms with E-state index < -0.39 is 15.6 Å². The number of nitrogens with one attached hydrogen (secondary N) is 2. The molecule has 25 heavy (non-hydrogen) atoms. The van der Waals surface area contributed by atoms with Gasteiger partial charge in [-0.2, -0.15) is 0 Å². The number of hydrogen-bond acceptors (Lipinski definition) is 4. The summed E-state index contributed by atoms with van der Waals surface area (Å²) in [4.78, 5) is 12.4. The SMILES string of the molecule is Cc1cc(C)c(S(=O)(=O)NCCC(=O)NC(C)(CN)C(C)C)c(C)c1. The van der Waals surface area contributed by atoms with Crippen molar-refractivity contribution in [1.29, 1.82) is 0 Å². The van der Waals surface area contributed by atoms with Crippen molar-refractivity contribution in [3.05, 3.63) is 28.8 Å². The molecule has 0 aliphatic carbocycles. The van der Waals surface area contributed by atoms with Gasteiger partial charge in [-0.15, -0.1) is 0 Å². The maximum Gasteiger partial charge on any atom is 0.241 e. The van der Waals surface area contributed by atoms with Gasteiger partial charge in [-0.3, -0.25) is 4.79 Å². The average molecular weight is 370 g/mol. The number of carbonyl (C=O) groups is 1. The third-order valence-electron chi connectivity index (χ3n) is 4.64. The third kappa shape index (κ3) is 5.52. The van der Waals surface area contributed by atoms with Gasteiger partial charge < -0.3 is 11.1 Å². The molecule has 1 atom stereocenters. The van der Waals surface area contributed by atoms with E-state index in [9.17, 15) is 13.2 Å². The number of hydrogen-bond donors (Lipinski definition) is 3. The molecule has 1 aromatic rings. The van der Waals surface area contributed by atoms with Crippen molar-refractivity contribution in [3.63, 3.8) is 0 Å². The summed E-state index contributed by atoms with van der Waals surface area (Å²) in [6, 6.07) is 3.67. The summed E-state index contributed by atoms with van der Waals surface area (Å²) < 4.78 is 27.6. The van der Waals surface area contributed by atoms with E-state index in [0.717, 1.165) is 5.56 Å². The first-order chi connectivity index (χ1) is 11.4. The molecule has 0 bridgehead atoms. The summed E-state index contributed by atoms with van der Waals surface area (Å²) in [6.45, 7) is 11.7. The largest absolute Gasteiger partial charge is 0.349 e. The minimum atomic E-state index is -3.65. The Kier molecular flexibility index (Phi) is 7.17. The fraction of sp³-hybridized carbons (Fsp3) is 0.611. The minimum Gasteiger partial charge on any atom is -0.349 e. The lowest BCUT2D eigenvalue weighted by Crippen LogP contribution is -2.55. The van der Waals surface area contributed by atoms with Crippen LogP contribution >= 0.6 is 0 Å². The van der Waals surface area contributed by atoms with Gasteiger partial charge in [0.1, 0.15) is 0 Å². The number of amides is 1. The average Bonchev–Trinajstić information content (AvgIpc) is 2.44. The first-order valence-electron chi connectivity index (χ1n) is 8.51. The number of sulfonamides is 1. The molecule has 1 unspecified atom stereocenters. The maximum absolute atomic E-state index is 12.6. The second-order valence-electron chi connectivity index (χ2n) is 7.20. The van der Waals surface area contributed by atoms with Crippen LogP contribution in [0.4, 0.5) is 0 Å². The molecule has 0 aromatic heterocycles. The maximum atomic E-state index is 12.6. The van der Waals surface area contributed by atoms with Crippen molar-refractivity contribution in [1.82, 2.24) is 10.0 Å². The Labute approximate surface area is 151 Å². The van der Waals surface area contributed by atoms with Gasteiger partial charge in [0.15, 0.2) is 0 Å². The third-order valence-corrected chi connectivity index (χ3v) is 6.41. The molecular formula is C18H31N3O3S. The van der Waals surface area contributed by atoms with Crippen LogP contribution in [0.15, 0.2) is 17.0 Å². The van der Waals surface area contributed by atoms with E-state index in [4.69, 9.17) is 5.73 Å². The van der Waals surface area contributed by atoms with E-state index in [2.05, 4.69) is 10.0 Å². The Morgan fingerprint density at radius 1 is 1.20 bits per heavy atom. The molecular weight excluding hydrogens is 338 g/mol. The van der Waals surface area contributed by atoms with Crippen molar-refractivity contribution in [2.75, 3.05) is 13.1 Å². The van der Waals surface area contributed by atoms with E-state index in [1.807, 2.05) is 39.8 Å². The summed E-state index contributed by atoms with van der Waals surface area (Å²) in [5.41, 5.74) is 7.66. The quantitative estimate of drug-likeness (QED) is 0.650. The number of benzene rings is 1. The van der Waals surface area contributed by atoms with Crippen molar-refractivity contribution in [2.45, 2.75) is 58.4 Å². The first-order valence-corrected chi connectivity index (χ1v) is 10.00.